The lowest BCUT2D eigenvalue weighted by Gasteiger charge is -2.21. The van der Waals surface area contributed by atoms with Crippen molar-refractivity contribution in [1.29, 1.82) is 0 Å². The molecule has 10 heteroatoms. The standard InChI is InChI=1S/C18H20ClFN6O2/c1-11-3-2-4-16(26(23)18(27)25-22)13(11)10-28-17(21)7-8-24-12-5-6-14(19)15(20)9-12/h2-9H,10,21-23H2,1H3,(H,25,27). The normalized spacial score (nSPS) is 11.5. The molecule has 0 atom stereocenters. The smallest absolute Gasteiger partial charge is 0.350 e. The van der Waals surface area contributed by atoms with Crippen molar-refractivity contribution in [3.8, 4) is 0 Å². The van der Waals surface area contributed by atoms with Crippen LogP contribution in [0.1, 0.15) is 11.1 Å². The number of carbonyl (C=O) groups excluding carboxylic acids is 1. The zero-order chi connectivity index (χ0) is 20.7. The summed E-state index contributed by atoms with van der Waals surface area (Å²) in [5.74, 6) is 10.4. The number of carbonyl (C=O) groups is 1. The quantitative estimate of drug-likeness (QED) is 0.192. The van der Waals surface area contributed by atoms with Crippen LogP contribution in [0.5, 0.6) is 0 Å². The van der Waals surface area contributed by atoms with E-state index in [-0.39, 0.29) is 17.5 Å². The first kappa shape index (κ1) is 21.2. The second-order valence-electron chi connectivity index (χ2n) is 5.63. The van der Waals surface area contributed by atoms with Crippen molar-refractivity contribution in [3.63, 3.8) is 0 Å². The monoisotopic (exact) mass is 406 g/mol. The molecule has 2 amide bonds. The van der Waals surface area contributed by atoms with Crippen LogP contribution in [0, 0.1) is 12.7 Å². The van der Waals surface area contributed by atoms with Gasteiger partial charge in [-0.25, -0.2) is 25.9 Å². The molecule has 0 saturated carbocycles. The van der Waals surface area contributed by atoms with Crippen molar-refractivity contribution in [2.45, 2.75) is 13.5 Å². The predicted octanol–water partition coefficient (Wildman–Crippen LogP) is 2.77. The van der Waals surface area contributed by atoms with Crippen molar-refractivity contribution in [2.24, 2.45) is 22.4 Å². The van der Waals surface area contributed by atoms with Gasteiger partial charge in [-0.15, -0.1) is 0 Å². The number of hydrogen-bond acceptors (Lipinski definition) is 6. The van der Waals surface area contributed by atoms with E-state index < -0.39 is 11.8 Å². The summed E-state index contributed by atoms with van der Waals surface area (Å²) in [6.07, 6.45) is 2.78. The van der Waals surface area contributed by atoms with Gasteiger partial charge >= 0.3 is 6.03 Å². The largest absolute Gasteiger partial charge is 0.474 e. The summed E-state index contributed by atoms with van der Waals surface area (Å²) < 4.78 is 18.9. The van der Waals surface area contributed by atoms with Crippen LogP contribution in [-0.4, -0.2) is 12.2 Å². The molecule has 0 aliphatic carbocycles. The first-order valence-electron chi connectivity index (χ1n) is 8.05. The van der Waals surface area contributed by atoms with Gasteiger partial charge in [-0.05, 0) is 30.7 Å². The lowest BCUT2D eigenvalue weighted by Crippen LogP contribution is -2.48. The second kappa shape index (κ2) is 9.70. The molecular formula is C18H20ClFN6O2. The Kier molecular flexibility index (Phi) is 7.33. The van der Waals surface area contributed by atoms with Gasteiger partial charge in [0.05, 0.1) is 16.4 Å². The molecular weight excluding hydrogens is 387 g/mol. The molecule has 0 aliphatic heterocycles. The number of rotatable bonds is 6. The zero-order valence-corrected chi connectivity index (χ0v) is 15.8. The topological polar surface area (TPSA) is 132 Å². The third-order valence-corrected chi connectivity index (χ3v) is 4.04. The van der Waals surface area contributed by atoms with Gasteiger partial charge in [0, 0.05) is 23.9 Å². The fraction of sp³-hybridized carbons (Fsp3) is 0.111. The summed E-state index contributed by atoms with van der Waals surface area (Å²) in [5.41, 5.74) is 10.1. The molecule has 148 valence electrons. The average Bonchev–Trinajstić information content (AvgIpc) is 2.68. The molecule has 0 aliphatic rings. The van der Waals surface area contributed by atoms with Crippen molar-refractivity contribution >= 4 is 35.2 Å². The van der Waals surface area contributed by atoms with Crippen LogP contribution in [0.3, 0.4) is 0 Å². The van der Waals surface area contributed by atoms with E-state index in [0.29, 0.717) is 16.9 Å². The number of aliphatic imine (C=N–C) groups is 1. The highest BCUT2D eigenvalue weighted by atomic mass is 35.5. The zero-order valence-electron chi connectivity index (χ0n) is 15.0. The molecule has 0 heterocycles. The Labute approximate surface area is 166 Å². The first-order chi connectivity index (χ1) is 13.3. The van der Waals surface area contributed by atoms with E-state index in [9.17, 15) is 9.18 Å². The Balaban J connectivity index is 2.08. The van der Waals surface area contributed by atoms with Crippen LogP contribution in [0.25, 0.3) is 0 Å². The van der Waals surface area contributed by atoms with Gasteiger partial charge in [0.2, 0.25) is 0 Å². The molecule has 2 aromatic rings. The van der Waals surface area contributed by atoms with E-state index in [2.05, 4.69) is 4.99 Å². The third-order valence-electron chi connectivity index (χ3n) is 3.74. The Morgan fingerprint density at radius 3 is 2.82 bits per heavy atom. The number of ether oxygens (including phenoxy) is 1. The molecule has 2 rings (SSSR count). The number of amides is 2. The highest BCUT2D eigenvalue weighted by molar-refractivity contribution is 6.30. The molecule has 0 aromatic heterocycles. The van der Waals surface area contributed by atoms with Crippen molar-refractivity contribution in [3.05, 3.63) is 70.3 Å². The number of hydrazine groups is 2. The van der Waals surface area contributed by atoms with Gasteiger partial charge in [-0.3, -0.25) is 10.4 Å². The van der Waals surface area contributed by atoms with Crippen LogP contribution in [-0.2, 0) is 11.3 Å². The number of anilines is 1. The SMILES string of the molecule is Cc1cccc(N(N)C(=O)NN)c1COC(N)=CC=Nc1ccc(Cl)c(F)c1. The van der Waals surface area contributed by atoms with Crippen molar-refractivity contribution in [1.82, 2.24) is 5.43 Å². The number of aryl methyl sites for hydroxylation is 1. The summed E-state index contributed by atoms with van der Waals surface area (Å²) in [4.78, 5) is 15.7. The van der Waals surface area contributed by atoms with Gasteiger partial charge in [0.1, 0.15) is 12.4 Å². The number of nitrogens with one attached hydrogen (secondary N) is 1. The third kappa shape index (κ3) is 5.43. The fourth-order valence-electron chi connectivity index (χ4n) is 2.24. The number of hydrogen-bond donors (Lipinski definition) is 4. The maximum atomic E-state index is 13.4. The van der Waals surface area contributed by atoms with Gasteiger partial charge in [-0.1, -0.05) is 23.7 Å². The van der Waals surface area contributed by atoms with E-state index in [1.54, 1.807) is 18.2 Å². The average molecular weight is 407 g/mol. The van der Waals surface area contributed by atoms with Gasteiger partial charge in [0.15, 0.2) is 5.88 Å². The minimum absolute atomic E-state index is 0.0173. The molecule has 0 fully saturated rings. The minimum atomic E-state index is -0.683. The van der Waals surface area contributed by atoms with Crippen molar-refractivity contribution < 1.29 is 13.9 Å². The molecule has 8 nitrogen and oxygen atoms in total. The molecule has 2 aromatic carbocycles. The highest BCUT2D eigenvalue weighted by Crippen LogP contribution is 2.24. The molecule has 0 saturated heterocycles. The Morgan fingerprint density at radius 1 is 1.39 bits per heavy atom. The highest BCUT2D eigenvalue weighted by Gasteiger charge is 2.16. The lowest BCUT2D eigenvalue weighted by molar-refractivity contribution is 0.196. The van der Waals surface area contributed by atoms with Crippen LogP contribution in [0.4, 0.5) is 20.6 Å². The molecule has 0 unspecified atom stereocenters. The molecule has 7 N–H and O–H groups in total. The van der Waals surface area contributed by atoms with Crippen LogP contribution < -0.4 is 27.9 Å². The molecule has 0 bridgehead atoms. The second-order valence-corrected chi connectivity index (χ2v) is 6.03. The molecule has 28 heavy (non-hydrogen) atoms. The maximum absolute atomic E-state index is 13.4. The van der Waals surface area contributed by atoms with Crippen LogP contribution in [0.15, 0.2) is 53.3 Å². The van der Waals surface area contributed by atoms with E-state index in [1.807, 2.05) is 18.4 Å². The lowest BCUT2D eigenvalue weighted by atomic mass is 10.1. The fourth-order valence-corrected chi connectivity index (χ4v) is 2.36. The first-order valence-corrected chi connectivity index (χ1v) is 8.43. The summed E-state index contributed by atoms with van der Waals surface area (Å²) >= 11 is 5.62. The van der Waals surface area contributed by atoms with Gasteiger partial charge in [-0.2, -0.15) is 0 Å². The maximum Gasteiger partial charge on any atom is 0.350 e. The summed E-state index contributed by atoms with van der Waals surface area (Å²) in [6, 6.07) is 8.71. The summed E-state index contributed by atoms with van der Waals surface area (Å²) in [7, 11) is 0. The van der Waals surface area contributed by atoms with E-state index in [0.717, 1.165) is 10.6 Å². The molecule has 0 radical (unpaired) electrons. The van der Waals surface area contributed by atoms with E-state index in [1.165, 1.54) is 24.4 Å². The number of benzene rings is 2. The van der Waals surface area contributed by atoms with E-state index in [4.69, 9.17) is 33.8 Å². The number of nitrogens with zero attached hydrogens (tertiary/aromatic N) is 2. The number of allylic oxidation sites excluding steroid dienone is 1. The number of urea groups is 1. The van der Waals surface area contributed by atoms with Crippen LogP contribution in [0.2, 0.25) is 5.02 Å². The summed E-state index contributed by atoms with van der Waals surface area (Å²) in [5, 5.41) is 0.894. The number of halogens is 2. The Morgan fingerprint density at radius 2 is 2.14 bits per heavy atom. The summed E-state index contributed by atoms with van der Waals surface area (Å²) in [6.45, 7) is 1.89. The van der Waals surface area contributed by atoms with Crippen LogP contribution >= 0.6 is 11.6 Å². The molecule has 0 spiro atoms. The Bertz CT molecular complexity index is 919. The van der Waals surface area contributed by atoms with E-state index >= 15 is 0 Å². The predicted molar refractivity (Wildman–Crippen MR) is 107 cm³/mol. The van der Waals surface area contributed by atoms with Crippen molar-refractivity contribution in [2.75, 3.05) is 5.01 Å². The minimum Gasteiger partial charge on any atom is -0.474 e. The number of nitrogens with two attached hydrogens (primary N) is 3. The Hall–Kier alpha value is -3.14. The van der Waals surface area contributed by atoms with Gasteiger partial charge < -0.3 is 10.5 Å². The van der Waals surface area contributed by atoms with Gasteiger partial charge in [0.25, 0.3) is 0 Å².